The molecule has 5 nitrogen and oxygen atoms in total. The Hall–Kier alpha value is -1.53. The average molecular weight is 270 g/mol. The fraction of sp³-hybridized carbons (Fsp3) is 0.333. The maximum absolute atomic E-state index is 12.0. The van der Waals surface area contributed by atoms with Crippen LogP contribution in [0, 0.1) is 0 Å². The Morgan fingerprint density at radius 1 is 1.39 bits per heavy atom. The van der Waals surface area contributed by atoms with Crippen molar-refractivity contribution in [2.24, 2.45) is 0 Å². The molecule has 1 unspecified atom stereocenters. The van der Waals surface area contributed by atoms with Gasteiger partial charge in [0.1, 0.15) is 6.29 Å². The molecule has 6 heteroatoms. The van der Waals surface area contributed by atoms with Crippen LogP contribution >= 0.6 is 0 Å². The van der Waals surface area contributed by atoms with E-state index in [1.165, 1.54) is 18.2 Å². The van der Waals surface area contributed by atoms with Crippen molar-refractivity contribution in [1.82, 2.24) is 0 Å². The van der Waals surface area contributed by atoms with Gasteiger partial charge in [-0.15, -0.1) is 0 Å². The van der Waals surface area contributed by atoms with E-state index in [4.69, 9.17) is 0 Å². The second-order valence-electron chi connectivity index (χ2n) is 3.73. The van der Waals surface area contributed by atoms with E-state index in [-0.39, 0.29) is 24.2 Å². The highest BCUT2D eigenvalue weighted by Crippen LogP contribution is 2.21. The molecule has 0 N–H and O–H groups in total. The van der Waals surface area contributed by atoms with Gasteiger partial charge < -0.3 is 0 Å². The molecule has 98 valence electrons. The number of hydrogen-bond acceptors (Lipinski definition) is 5. The summed E-state index contributed by atoms with van der Waals surface area (Å²) in [4.78, 5) is 22.4. The third-order valence-electron chi connectivity index (χ3n) is 2.49. The molecule has 0 aliphatic carbocycles. The number of carbonyl (C=O) groups excluding carboxylic acids is 2. The lowest BCUT2D eigenvalue weighted by Crippen LogP contribution is -2.26. The van der Waals surface area contributed by atoms with Crippen molar-refractivity contribution in [3.63, 3.8) is 0 Å². The predicted octanol–water partition coefficient (Wildman–Crippen LogP) is 0.932. The quantitative estimate of drug-likeness (QED) is 0.321. The Bertz CT molecular complexity index is 525. The number of hydrogen-bond donors (Lipinski definition) is 0. The Morgan fingerprint density at radius 2 is 2.06 bits per heavy atom. The molecule has 1 atom stereocenters. The van der Waals surface area contributed by atoms with E-state index in [1.54, 1.807) is 6.92 Å². The third-order valence-corrected chi connectivity index (χ3v) is 4.13. The first-order valence-electron chi connectivity index (χ1n) is 5.33. The number of rotatable bonds is 5. The van der Waals surface area contributed by atoms with Crippen molar-refractivity contribution in [3.05, 3.63) is 36.0 Å². The normalized spacial score (nSPS) is 23.2. The van der Waals surface area contributed by atoms with Gasteiger partial charge in [0.15, 0.2) is 11.0 Å². The van der Waals surface area contributed by atoms with Crippen LogP contribution in [0.15, 0.2) is 36.0 Å². The van der Waals surface area contributed by atoms with Crippen LogP contribution in [0.25, 0.3) is 0 Å². The first-order valence-corrected chi connectivity index (χ1v) is 6.80. The van der Waals surface area contributed by atoms with E-state index in [1.807, 2.05) is 0 Å². The maximum Gasteiger partial charge on any atom is 0.277 e. The molecule has 0 aromatic heterocycles. The summed E-state index contributed by atoms with van der Waals surface area (Å²) in [5, 5.41) is -1.15. The summed E-state index contributed by atoms with van der Waals surface area (Å²) < 4.78 is 27.4. The zero-order chi connectivity index (χ0) is 13.8. The van der Waals surface area contributed by atoms with Crippen molar-refractivity contribution in [2.75, 3.05) is 6.61 Å². The monoisotopic (exact) mass is 270 g/mol. The average Bonchev–Trinajstić information content (AvgIpc) is 2.68. The number of allylic oxidation sites excluding steroid dienone is 5. The lowest BCUT2D eigenvalue weighted by Gasteiger charge is -2.06. The van der Waals surface area contributed by atoms with Gasteiger partial charge in [0.2, 0.25) is 0 Å². The lowest BCUT2D eigenvalue weighted by atomic mass is 10.1. The van der Waals surface area contributed by atoms with Crippen LogP contribution in [0.2, 0.25) is 0 Å². The summed E-state index contributed by atoms with van der Waals surface area (Å²) in [6, 6.07) is 0. The van der Waals surface area contributed by atoms with Crippen molar-refractivity contribution < 1.29 is 22.2 Å². The Labute approximate surface area is 106 Å². The van der Waals surface area contributed by atoms with Gasteiger partial charge in [0.05, 0.1) is 6.61 Å². The second kappa shape index (κ2) is 5.88. The van der Waals surface area contributed by atoms with E-state index in [9.17, 15) is 18.0 Å². The molecule has 1 aliphatic rings. The predicted molar refractivity (Wildman–Crippen MR) is 66.4 cm³/mol. The molecule has 1 fully saturated rings. The molecular weight excluding hydrogens is 256 g/mol. The highest BCUT2D eigenvalue weighted by atomic mass is 32.2. The first-order chi connectivity index (χ1) is 8.42. The smallest absolute Gasteiger partial charge is 0.277 e. The van der Waals surface area contributed by atoms with Gasteiger partial charge >= 0.3 is 0 Å². The molecule has 1 rings (SSSR count). The molecule has 1 aliphatic heterocycles. The topological polar surface area (TPSA) is 77.5 Å². The molecular formula is C12H14O5S. The largest absolute Gasteiger partial charge is 0.298 e. The summed E-state index contributed by atoms with van der Waals surface area (Å²) in [5.41, 5.74) is 0.421. The van der Waals surface area contributed by atoms with Gasteiger partial charge in [-0.2, -0.15) is 8.42 Å². The van der Waals surface area contributed by atoms with Crippen molar-refractivity contribution in [1.29, 1.82) is 0 Å². The van der Waals surface area contributed by atoms with Crippen molar-refractivity contribution in [2.45, 2.75) is 18.6 Å². The highest BCUT2D eigenvalue weighted by molar-refractivity contribution is 7.88. The number of ketones is 1. The fourth-order valence-electron chi connectivity index (χ4n) is 1.50. The lowest BCUT2D eigenvalue weighted by molar-refractivity contribution is -0.114. The van der Waals surface area contributed by atoms with Crippen molar-refractivity contribution in [3.8, 4) is 0 Å². The fourth-order valence-corrected chi connectivity index (χ4v) is 2.78. The van der Waals surface area contributed by atoms with Gasteiger partial charge in [0, 0.05) is 11.1 Å². The van der Waals surface area contributed by atoms with E-state index >= 15 is 0 Å². The Balaban J connectivity index is 2.91. The molecule has 0 aromatic carbocycles. The Morgan fingerprint density at radius 3 is 2.50 bits per heavy atom. The zero-order valence-corrected chi connectivity index (χ0v) is 10.8. The van der Waals surface area contributed by atoms with Gasteiger partial charge in [-0.3, -0.25) is 13.8 Å². The highest BCUT2D eigenvalue weighted by Gasteiger charge is 2.39. The number of aldehydes is 1. The van der Waals surface area contributed by atoms with Crippen LogP contribution in [0.4, 0.5) is 0 Å². The number of Topliss-reactive ketones (excluding diaryl/α,β-unsaturated/α-hetero) is 1. The molecule has 0 aromatic rings. The zero-order valence-electron chi connectivity index (χ0n) is 9.96. The van der Waals surface area contributed by atoms with Gasteiger partial charge in [0.25, 0.3) is 10.1 Å². The van der Waals surface area contributed by atoms with Gasteiger partial charge in [-0.25, -0.2) is 0 Å². The van der Waals surface area contributed by atoms with Crippen LogP contribution < -0.4 is 0 Å². The maximum atomic E-state index is 12.0. The van der Waals surface area contributed by atoms with Gasteiger partial charge in [-0.1, -0.05) is 24.8 Å². The molecule has 1 heterocycles. The molecule has 0 amide bonds. The minimum atomic E-state index is -3.80. The third kappa shape index (κ3) is 3.24. The minimum absolute atomic E-state index is 0.0283. The van der Waals surface area contributed by atoms with Crippen LogP contribution in [0.3, 0.4) is 0 Å². The van der Waals surface area contributed by atoms with E-state index in [0.717, 1.165) is 0 Å². The molecule has 0 saturated carbocycles. The summed E-state index contributed by atoms with van der Waals surface area (Å²) in [5.74, 6) is -0.523. The van der Waals surface area contributed by atoms with Crippen LogP contribution in [-0.4, -0.2) is 32.3 Å². The van der Waals surface area contributed by atoms with E-state index < -0.39 is 21.2 Å². The van der Waals surface area contributed by atoms with E-state index in [2.05, 4.69) is 10.8 Å². The van der Waals surface area contributed by atoms with Crippen LogP contribution in [0.1, 0.15) is 13.3 Å². The number of carbonyl (C=O) groups is 2. The van der Waals surface area contributed by atoms with Gasteiger partial charge in [-0.05, 0) is 13.3 Å². The standard InChI is InChI=1S/C12H14O5S/c1-3-10(5-4-9(2)8-13)12(14)11-6-7-17-18(11,15)16/h3-5,8,11H,2,6-7H2,1H3. The Kier molecular flexibility index (Phi) is 4.75. The summed E-state index contributed by atoms with van der Waals surface area (Å²) in [6.07, 6.45) is 4.94. The van der Waals surface area contributed by atoms with E-state index in [0.29, 0.717) is 6.29 Å². The molecule has 18 heavy (non-hydrogen) atoms. The minimum Gasteiger partial charge on any atom is -0.298 e. The molecule has 0 bridgehead atoms. The van der Waals surface area contributed by atoms with Crippen LogP contribution in [-0.2, 0) is 23.9 Å². The summed E-state index contributed by atoms with van der Waals surface area (Å²) in [6.45, 7) is 5.07. The summed E-state index contributed by atoms with van der Waals surface area (Å²) >= 11 is 0. The van der Waals surface area contributed by atoms with Crippen molar-refractivity contribution >= 4 is 22.2 Å². The van der Waals surface area contributed by atoms with Crippen LogP contribution in [0.5, 0.6) is 0 Å². The summed E-state index contributed by atoms with van der Waals surface area (Å²) in [7, 11) is -3.80. The molecule has 0 radical (unpaired) electrons. The molecule has 1 saturated heterocycles. The second-order valence-corrected chi connectivity index (χ2v) is 5.52. The first kappa shape index (κ1) is 14.5. The SMILES string of the molecule is C=C(C=O)C=CC(=CC)C(=O)C1CCOS1(=O)=O. The molecule has 0 spiro atoms.